The summed E-state index contributed by atoms with van der Waals surface area (Å²) in [6.45, 7) is 2.08. The maximum Gasteiger partial charge on any atom is 0.407 e. The van der Waals surface area contributed by atoms with Crippen molar-refractivity contribution in [3.8, 4) is 0 Å². The fourth-order valence-corrected chi connectivity index (χ4v) is 1.79. The second-order valence-electron chi connectivity index (χ2n) is 3.94. The molecule has 0 spiro atoms. The predicted molar refractivity (Wildman–Crippen MR) is 51.7 cm³/mol. The molecule has 0 bridgehead atoms. The van der Waals surface area contributed by atoms with E-state index in [2.05, 4.69) is 6.92 Å². The molecule has 0 saturated heterocycles. The summed E-state index contributed by atoms with van der Waals surface area (Å²) in [4.78, 5) is 21.4. The third kappa shape index (κ3) is 3.30. The molecule has 0 aromatic carbocycles. The van der Waals surface area contributed by atoms with E-state index in [4.69, 9.17) is 20.9 Å². The summed E-state index contributed by atoms with van der Waals surface area (Å²) < 4.78 is 9.71. The molecule has 0 aliphatic heterocycles. The van der Waals surface area contributed by atoms with Crippen LogP contribution in [0.1, 0.15) is 32.6 Å². The van der Waals surface area contributed by atoms with Crippen molar-refractivity contribution in [1.29, 1.82) is 0 Å². The van der Waals surface area contributed by atoms with Crippen LogP contribution >= 0.6 is 0 Å². The zero-order valence-electron chi connectivity index (χ0n) is 8.69. The van der Waals surface area contributed by atoms with Crippen molar-refractivity contribution < 1.29 is 19.1 Å². The lowest BCUT2D eigenvalue weighted by atomic mass is 9.86. The SMILES string of the molecule is CC1CCC(OC(N)=O)(OC(N)=O)CC1. The minimum absolute atomic E-state index is 0.444. The number of rotatable bonds is 2. The summed E-state index contributed by atoms with van der Waals surface area (Å²) in [7, 11) is 0. The van der Waals surface area contributed by atoms with Gasteiger partial charge in [0.15, 0.2) is 0 Å². The zero-order chi connectivity index (χ0) is 11.5. The van der Waals surface area contributed by atoms with E-state index in [0.29, 0.717) is 18.8 Å². The number of amides is 2. The summed E-state index contributed by atoms with van der Waals surface area (Å²) in [5, 5.41) is 0. The third-order valence-corrected chi connectivity index (χ3v) is 2.61. The molecule has 15 heavy (non-hydrogen) atoms. The molecule has 1 aliphatic rings. The van der Waals surface area contributed by atoms with Crippen LogP contribution < -0.4 is 11.5 Å². The molecule has 1 rings (SSSR count). The van der Waals surface area contributed by atoms with Gasteiger partial charge in [0.2, 0.25) is 0 Å². The lowest BCUT2D eigenvalue weighted by molar-refractivity contribution is -0.182. The molecule has 86 valence electrons. The highest BCUT2D eigenvalue weighted by molar-refractivity contribution is 5.67. The Balaban J connectivity index is 2.68. The van der Waals surface area contributed by atoms with Crippen LogP contribution in [0.2, 0.25) is 0 Å². The smallest absolute Gasteiger partial charge is 0.406 e. The normalized spacial score (nSPS) is 20.6. The number of primary amides is 2. The van der Waals surface area contributed by atoms with Crippen LogP contribution in [0.3, 0.4) is 0 Å². The Morgan fingerprint density at radius 1 is 1.13 bits per heavy atom. The van der Waals surface area contributed by atoms with E-state index < -0.39 is 18.0 Å². The Labute approximate surface area is 87.9 Å². The van der Waals surface area contributed by atoms with Gasteiger partial charge in [0, 0.05) is 12.8 Å². The minimum Gasteiger partial charge on any atom is -0.406 e. The van der Waals surface area contributed by atoms with E-state index in [1.165, 1.54) is 0 Å². The minimum atomic E-state index is -1.25. The maximum absolute atomic E-state index is 10.7. The molecule has 2 amide bonds. The van der Waals surface area contributed by atoms with Crippen molar-refractivity contribution in [2.45, 2.75) is 38.4 Å². The van der Waals surface area contributed by atoms with Gasteiger partial charge < -0.3 is 20.9 Å². The molecule has 0 atom stereocenters. The van der Waals surface area contributed by atoms with Crippen LogP contribution in [0.5, 0.6) is 0 Å². The molecule has 0 unspecified atom stereocenters. The first-order chi connectivity index (χ1) is 6.93. The van der Waals surface area contributed by atoms with Crippen LogP contribution in [0.25, 0.3) is 0 Å². The molecular formula is C9H16N2O4. The second-order valence-corrected chi connectivity index (χ2v) is 3.94. The molecule has 4 N–H and O–H groups in total. The summed E-state index contributed by atoms with van der Waals surface area (Å²) in [6.07, 6.45) is 0.595. The van der Waals surface area contributed by atoms with E-state index in [0.717, 1.165) is 12.8 Å². The van der Waals surface area contributed by atoms with Crippen molar-refractivity contribution >= 4 is 12.2 Å². The average molecular weight is 216 g/mol. The molecular weight excluding hydrogens is 200 g/mol. The molecule has 6 nitrogen and oxygen atoms in total. The average Bonchev–Trinajstić information content (AvgIpc) is 2.08. The van der Waals surface area contributed by atoms with E-state index in [1.54, 1.807) is 0 Å². The van der Waals surface area contributed by atoms with Crippen LogP contribution in [-0.4, -0.2) is 18.0 Å². The summed E-state index contributed by atoms with van der Waals surface area (Å²) >= 11 is 0. The molecule has 0 aromatic rings. The Hall–Kier alpha value is -1.46. The first-order valence-electron chi connectivity index (χ1n) is 4.90. The largest absolute Gasteiger partial charge is 0.407 e. The van der Waals surface area contributed by atoms with Gasteiger partial charge in [-0.1, -0.05) is 6.92 Å². The van der Waals surface area contributed by atoms with E-state index >= 15 is 0 Å². The lowest BCUT2D eigenvalue weighted by Crippen LogP contribution is -2.45. The predicted octanol–water partition coefficient (Wildman–Crippen LogP) is 1.08. The van der Waals surface area contributed by atoms with E-state index in [-0.39, 0.29) is 0 Å². The summed E-state index contributed by atoms with van der Waals surface area (Å²) in [6, 6.07) is 0. The van der Waals surface area contributed by atoms with Gasteiger partial charge in [0.25, 0.3) is 5.79 Å². The molecule has 1 fully saturated rings. The van der Waals surface area contributed by atoms with Crippen molar-refractivity contribution in [2.75, 3.05) is 0 Å². The first-order valence-corrected chi connectivity index (χ1v) is 4.90. The standard InChI is InChI=1S/C9H16N2O4/c1-6-2-4-9(5-3-6,14-7(10)12)15-8(11)13/h6H,2-5H2,1H3,(H2,10,12)(H2,11,13). The number of nitrogens with two attached hydrogens (primary N) is 2. The monoisotopic (exact) mass is 216 g/mol. The summed E-state index contributed by atoms with van der Waals surface area (Å²) in [5.74, 6) is -0.726. The molecule has 6 heteroatoms. The number of ether oxygens (including phenoxy) is 2. The maximum atomic E-state index is 10.7. The van der Waals surface area contributed by atoms with Gasteiger partial charge in [-0.05, 0) is 18.8 Å². The topological polar surface area (TPSA) is 105 Å². The number of carbonyl (C=O) groups is 2. The zero-order valence-corrected chi connectivity index (χ0v) is 8.69. The number of hydrogen-bond acceptors (Lipinski definition) is 4. The molecule has 0 heterocycles. The van der Waals surface area contributed by atoms with Crippen molar-refractivity contribution in [2.24, 2.45) is 17.4 Å². The van der Waals surface area contributed by atoms with Crippen LogP contribution in [0.15, 0.2) is 0 Å². The van der Waals surface area contributed by atoms with Crippen LogP contribution in [0.4, 0.5) is 9.59 Å². The highest BCUT2D eigenvalue weighted by Crippen LogP contribution is 2.35. The van der Waals surface area contributed by atoms with Gasteiger partial charge in [-0.25, -0.2) is 9.59 Å². The van der Waals surface area contributed by atoms with Crippen molar-refractivity contribution in [3.63, 3.8) is 0 Å². The summed E-state index contributed by atoms with van der Waals surface area (Å²) in [5.41, 5.74) is 9.85. The molecule has 0 radical (unpaired) electrons. The Kier molecular flexibility index (Phi) is 3.39. The van der Waals surface area contributed by atoms with Gasteiger partial charge in [0.1, 0.15) is 0 Å². The molecule has 1 aliphatic carbocycles. The van der Waals surface area contributed by atoms with Gasteiger partial charge in [0.05, 0.1) is 0 Å². The molecule has 1 saturated carbocycles. The Morgan fingerprint density at radius 2 is 1.53 bits per heavy atom. The third-order valence-electron chi connectivity index (χ3n) is 2.61. The van der Waals surface area contributed by atoms with E-state index in [1.807, 2.05) is 0 Å². The Morgan fingerprint density at radius 3 is 1.87 bits per heavy atom. The highest BCUT2D eigenvalue weighted by atomic mass is 16.7. The van der Waals surface area contributed by atoms with E-state index in [9.17, 15) is 9.59 Å². The van der Waals surface area contributed by atoms with Crippen molar-refractivity contribution in [1.82, 2.24) is 0 Å². The number of carbonyl (C=O) groups excluding carboxylic acids is 2. The van der Waals surface area contributed by atoms with Crippen LogP contribution in [-0.2, 0) is 9.47 Å². The van der Waals surface area contributed by atoms with Crippen LogP contribution in [0, 0.1) is 5.92 Å². The quantitative estimate of drug-likeness (QED) is 0.674. The Bertz CT molecular complexity index is 241. The number of hydrogen-bond donors (Lipinski definition) is 2. The van der Waals surface area contributed by atoms with Gasteiger partial charge in [-0.15, -0.1) is 0 Å². The van der Waals surface area contributed by atoms with Gasteiger partial charge in [-0.2, -0.15) is 0 Å². The molecule has 0 aromatic heterocycles. The second kappa shape index (κ2) is 4.37. The van der Waals surface area contributed by atoms with Crippen molar-refractivity contribution in [3.05, 3.63) is 0 Å². The van der Waals surface area contributed by atoms with Gasteiger partial charge >= 0.3 is 12.2 Å². The highest BCUT2D eigenvalue weighted by Gasteiger charge is 2.40. The fourth-order valence-electron chi connectivity index (χ4n) is 1.79. The fraction of sp³-hybridized carbons (Fsp3) is 0.778. The lowest BCUT2D eigenvalue weighted by Gasteiger charge is -2.36. The van der Waals surface area contributed by atoms with Gasteiger partial charge in [-0.3, -0.25) is 0 Å². The first kappa shape index (κ1) is 11.6.